The van der Waals surface area contributed by atoms with Gasteiger partial charge in [-0.3, -0.25) is 14.9 Å². The van der Waals surface area contributed by atoms with Crippen LogP contribution in [0.4, 0.5) is 15.8 Å². The number of pyridine rings is 2. The second-order valence-corrected chi connectivity index (χ2v) is 9.37. The number of nitrogens with one attached hydrogen (secondary N) is 3. The number of anilines is 2. The van der Waals surface area contributed by atoms with Crippen LogP contribution in [0.3, 0.4) is 0 Å². The largest absolute Gasteiger partial charge is 0.370 e. The van der Waals surface area contributed by atoms with Crippen molar-refractivity contribution < 1.29 is 9.18 Å². The average Bonchev–Trinajstić information content (AvgIpc) is 3.52. The number of carbonyl (C=O) groups is 1. The summed E-state index contributed by atoms with van der Waals surface area (Å²) in [7, 11) is 0. The van der Waals surface area contributed by atoms with Gasteiger partial charge in [-0.15, -0.1) is 0 Å². The quantitative estimate of drug-likeness (QED) is 0.287. The Labute approximate surface area is 212 Å². The Hall–Kier alpha value is -4.34. The van der Waals surface area contributed by atoms with Gasteiger partial charge in [-0.25, -0.2) is 14.4 Å². The molecule has 1 aromatic carbocycles. The third-order valence-electron chi connectivity index (χ3n) is 6.75. The molecule has 188 valence electrons. The SMILES string of the molecule is CCCC(=O)Nc1cncc(-c2cc3c(-c4nc5nccc(N6CCCCC6)c5[nH]4)n[nH]c3cc2F)c1. The van der Waals surface area contributed by atoms with Crippen LogP contribution in [0, 0.1) is 5.82 Å². The van der Waals surface area contributed by atoms with Gasteiger partial charge in [0.25, 0.3) is 0 Å². The molecule has 37 heavy (non-hydrogen) atoms. The summed E-state index contributed by atoms with van der Waals surface area (Å²) in [5, 5.41) is 10.9. The van der Waals surface area contributed by atoms with E-state index in [1.54, 1.807) is 30.7 Å². The minimum absolute atomic E-state index is 0.100. The molecular formula is C27H27FN8O. The molecule has 1 saturated heterocycles. The molecule has 0 unspecified atom stereocenters. The number of hydrogen-bond donors (Lipinski definition) is 3. The van der Waals surface area contributed by atoms with E-state index in [1.165, 1.54) is 25.3 Å². The lowest BCUT2D eigenvalue weighted by Gasteiger charge is -2.28. The van der Waals surface area contributed by atoms with Gasteiger partial charge in [0.15, 0.2) is 11.5 Å². The number of amides is 1. The van der Waals surface area contributed by atoms with Crippen LogP contribution in [0.15, 0.2) is 42.9 Å². The number of carbonyl (C=O) groups excluding carboxylic acids is 1. The van der Waals surface area contributed by atoms with Gasteiger partial charge in [-0.2, -0.15) is 5.10 Å². The highest BCUT2D eigenvalue weighted by atomic mass is 19.1. The van der Waals surface area contributed by atoms with Crippen molar-refractivity contribution >= 4 is 39.3 Å². The number of piperidine rings is 1. The fraction of sp³-hybridized carbons (Fsp3) is 0.296. The molecule has 5 aromatic rings. The van der Waals surface area contributed by atoms with Gasteiger partial charge in [0.2, 0.25) is 5.91 Å². The fourth-order valence-corrected chi connectivity index (χ4v) is 4.95. The Morgan fingerprint density at radius 1 is 1.16 bits per heavy atom. The van der Waals surface area contributed by atoms with Crippen LogP contribution < -0.4 is 10.2 Å². The van der Waals surface area contributed by atoms with E-state index in [9.17, 15) is 4.79 Å². The maximum Gasteiger partial charge on any atom is 0.224 e. The number of rotatable bonds is 6. The zero-order valence-corrected chi connectivity index (χ0v) is 20.5. The first-order chi connectivity index (χ1) is 18.1. The number of hydrogen-bond acceptors (Lipinski definition) is 6. The van der Waals surface area contributed by atoms with Crippen molar-refractivity contribution in [3.8, 4) is 22.6 Å². The topological polar surface area (TPSA) is 115 Å². The van der Waals surface area contributed by atoms with Crippen molar-refractivity contribution in [2.45, 2.75) is 39.0 Å². The monoisotopic (exact) mass is 498 g/mol. The molecule has 0 spiro atoms. The van der Waals surface area contributed by atoms with Gasteiger partial charge in [-0.1, -0.05) is 6.92 Å². The molecule has 0 radical (unpaired) electrons. The Morgan fingerprint density at radius 2 is 2.03 bits per heavy atom. The number of fused-ring (bicyclic) bond motifs is 2. The molecular weight excluding hydrogens is 471 g/mol. The first kappa shape index (κ1) is 23.1. The van der Waals surface area contributed by atoms with Crippen molar-refractivity contribution in [3.05, 3.63) is 48.7 Å². The predicted octanol–water partition coefficient (Wildman–Crippen LogP) is 5.43. The fourth-order valence-electron chi connectivity index (χ4n) is 4.95. The number of imidazole rings is 1. The van der Waals surface area contributed by atoms with Crippen molar-refractivity contribution in [1.29, 1.82) is 0 Å². The molecule has 1 aliphatic rings. The highest BCUT2D eigenvalue weighted by Crippen LogP contribution is 2.34. The van der Waals surface area contributed by atoms with Crippen LogP contribution in [-0.4, -0.2) is 49.1 Å². The maximum atomic E-state index is 15.2. The summed E-state index contributed by atoms with van der Waals surface area (Å²) in [4.78, 5) is 31.2. The Kier molecular flexibility index (Phi) is 5.99. The lowest BCUT2D eigenvalue weighted by Crippen LogP contribution is -2.29. The molecule has 0 bridgehead atoms. The van der Waals surface area contributed by atoms with Gasteiger partial charge < -0.3 is 15.2 Å². The van der Waals surface area contributed by atoms with Crippen LogP contribution in [0.5, 0.6) is 0 Å². The molecule has 1 amide bonds. The zero-order chi connectivity index (χ0) is 25.4. The summed E-state index contributed by atoms with van der Waals surface area (Å²) in [6.07, 6.45) is 9.66. The van der Waals surface area contributed by atoms with E-state index >= 15 is 4.39 Å². The summed E-state index contributed by atoms with van der Waals surface area (Å²) in [6, 6.07) is 6.90. The first-order valence-corrected chi connectivity index (χ1v) is 12.6. The van der Waals surface area contributed by atoms with Crippen molar-refractivity contribution in [2.75, 3.05) is 23.3 Å². The molecule has 0 atom stereocenters. The van der Waals surface area contributed by atoms with Crippen molar-refractivity contribution in [2.24, 2.45) is 0 Å². The predicted molar refractivity (Wildman–Crippen MR) is 142 cm³/mol. The third-order valence-corrected chi connectivity index (χ3v) is 6.75. The number of halogens is 1. The van der Waals surface area contributed by atoms with Crippen LogP contribution in [0.1, 0.15) is 39.0 Å². The highest BCUT2D eigenvalue weighted by Gasteiger charge is 2.20. The normalized spacial score (nSPS) is 13.9. The van der Waals surface area contributed by atoms with Gasteiger partial charge in [0.05, 0.1) is 23.1 Å². The van der Waals surface area contributed by atoms with Crippen molar-refractivity contribution in [3.63, 3.8) is 0 Å². The molecule has 5 heterocycles. The second kappa shape index (κ2) is 9.61. The minimum Gasteiger partial charge on any atom is -0.370 e. The van der Waals surface area contributed by atoms with E-state index in [-0.39, 0.29) is 5.91 Å². The number of aromatic amines is 2. The van der Waals surface area contributed by atoms with Crippen LogP contribution in [0.25, 0.3) is 44.7 Å². The number of benzene rings is 1. The van der Waals surface area contributed by atoms with E-state index in [2.05, 4.69) is 35.4 Å². The minimum atomic E-state index is -0.416. The standard InChI is InChI=1S/C27H27FN8O/c1-2-6-23(37)31-17-11-16(14-29-15-17)18-12-19-21(13-20(18)28)34-35-24(19)27-32-25-22(7-8-30-26(25)33-27)36-9-4-3-5-10-36/h7-8,11-15H,2-6,9-10H2,1H3,(H,31,37)(H,34,35)(H,30,32,33). The van der Waals surface area contributed by atoms with E-state index in [1.807, 2.05) is 13.0 Å². The van der Waals surface area contributed by atoms with Crippen LogP contribution in [-0.2, 0) is 4.79 Å². The molecule has 0 saturated carbocycles. The summed E-state index contributed by atoms with van der Waals surface area (Å²) >= 11 is 0. The maximum absolute atomic E-state index is 15.2. The van der Waals surface area contributed by atoms with Gasteiger partial charge >= 0.3 is 0 Å². The van der Waals surface area contributed by atoms with Crippen molar-refractivity contribution in [1.82, 2.24) is 30.1 Å². The second-order valence-electron chi connectivity index (χ2n) is 9.37. The zero-order valence-electron chi connectivity index (χ0n) is 20.5. The molecule has 0 aliphatic carbocycles. The Morgan fingerprint density at radius 3 is 2.86 bits per heavy atom. The molecule has 9 nitrogen and oxygen atoms in total. The first-order valence-electron chi connectivity index (χ1n) is 12.6. The van der Waals surface area contributed by atoms with Gasteiger partial charge in [0, 0.05) is 54.5 Å². The number of aromatic nitrogens is 6. The van der Waals surface area contributed by atoms with E-state index < -0.39 is 5.82 Å². The molecule has 10 heteroatoms. The average molecular weight is 499 g/mol. The Bertz CT molecular complexity index is 1600. The van der Waals surface area contributed by atoms with Crippen LogP contribution in [0.2, 0.25) is 0 Å². The lowest BCUT2D eigenvalue weighted by atomic mass is 10.0. The third kappa shape index (κ3) is 4.39. The van der Waals surface area contributed by atoms with Gasteiger partial charge in [-0.05, 0) is 43.9 Å². The smallest absolute Gasteiger partial charge is 0.224 e. The van der Waals surface area contributed by atoms with Crippen LogP contribution >= 0.6 is 0 Å². The molecule has 1 aliphatic heterocycles. The van der Waals surface area contributed by atoms with E-state index in [4.69, 9.17) is 4.98 Å². The van der Waals surface area contributed by atoms with E-state index in [0.717, 1.165) is 36.1 Å². The van der Waals surface area contributed by atoms with E-state index in [0.29, 0.717) is 45.9 Å². The molecule has 3 N–H and O–H groups in total. The number of nitrogens with zero attached hydrogens (tertiary/aromatic N) is 5. The highest BCUT2D eigenvalue weighted by molar-refractivity contribution is 5.97. The summed E-state index contributed by atoms with van der Waals surface area (Å²) < 4.78 is 15.2. The molecule has 6 rings (SSSR count). The molecule has 4 aromatic heterocycles. The summed E-state index contributed by atoms with van der Waals surface area (Å²) in [5.74, 6) is 0.0478. The lowest BCUT2D eigenvalue weighted by molar-refractivity contribution is -0.116. The summed E-state index contributed by atoms with van der Waals surface area (Å²) in [6.45, 7) is 3.95. The number of H-pyrrole nitrogens is 2. The molecule has 1 fully saturated rings. The van der Waals surface area contributed by atoms with Gasteiger partial charge in [0.1, 0.15) is 17.0 Å². The Balaban J connectivity index is 1.40. The summed E-state index contributed by atoms with van der Waals surface area (Å²) in [5.41, 5.74) is 5.16.